The molecule has 2 rings (SSSR count). The number of rotatable bonds is 4. The molecule has 1 aromatic carbocycles. The van der Waals surface area contributed by atoms with E-state index in [4.69, 9.17) is 23.1 Å². The van der Waals surface area contributed by atoms with E-state index in [1.54, 1.807) is 6.08 Å². The van der Waals surface area contributed by atoms with Gasteiger partial charge in [-0.25, -0.2) is 0 Å². The molecule has 19 heavy (non-hydrogen) atoms. The van der Waals surface area contributed by atoms with Gasteiger partial charge in [0.2, 0.25) is 0 Å². The first-order chi connectivity index (χ1) is 9.02. The zero-order chi connectivity index (χ0) is 13.9. The summed E-state index contributed by atoms with van der Waals surface area (Å²) < 4.78 is 0. The Morgan fingerprint density at radius 1 is 1.32 bits per heavy atom. The maximum absolute atomic E-state index is 9.72. The normalized spacial score (nSPS) is 19.1. The van der Waals surface area contributed by atoms with Gasteiger partial charge in [0.05, 0.1) is 11.8 Å². The van der Waals surface area contributed by atoms with Crippen molar-refractivity contribution in [1.82, 2.24) is 0 Å². The van der Waals surface area contributed by atoms with E-state index in [0.717, 1.165) is 16.7 Å². The highest BCUT2D eigenvalue weighted by Crippen LogP contribution is 2.29. The number of halogens is 1. The molecule has 4 heteroatoms. The molecule has 0 radical (unpaired) electrons. The Morgan fingerprint density at radius 2 is 2.05 bits per heavy atom. The summed E-state index contributed by atoms with van der Waals surface area (Å²) in [5.74, 6) is 0.227. The zero-order valence-electron chi connectivity index (χ0n) is 10.7. The summed E-state index contributed by atoms with van der Waals surface area (Å²) >= 11 is 5.67. The van der Waals surface area contributed by atoms with Gasteiger partial charge < -0.3 is 16.6 Å². The first kappa shape index (κ1) is 14.3. The van der Waals surface area contributed by atoms with E-state index in [2.05, 4.69) is 0 Å². The van der Waals surface area contributed by atoms with Crippen molar-refractivity contribution in [3.05, 3.63) is 53.6 Å². The number of hydrogen-bond donors (Lipinski definition) is 3. The molecule has 0 spiro atoms. The monoisotopic (exact) mass is 278 g/mol. The molecule has 0 saturated carbocycles. The van der Waals surface area contributed by atoms with Crippen LogP contribution in [0.3, 0.4) is 0 Å². The van der Waals surface area contributed by atoms with Crippen LogP contribution < -0.4 is 11.5 Å². The van der Waals surface area contributed by atoms with Gasteiger partial charge in [0.15, 0.2) is 0 Å². The Kier molecular flexibility index (Phi) is 4.42. The van der Waals surface area contributed by atoms with Crippen molar-refractivity contribution < 1.29 is 5.11 Å². The highest BCUT2D eigenvalue weighted by molar-refractivity contribution is 6.18. The van der Waals surface area contributed by atoms with Crippen LogP contribution in [0.25, 0.3) is 5.57 Å². The van der Waals surface area contributed by atoms with Gasteiger partial charge in [-0.3, -0.25) is 0 Å². The quantitative estimate of drug-likeness (QED) is 0.581. The fourth-order valence-electron chi connectivity index (χ4n) is 2.30. The molecule has 5 N–H and O–H groups in total. The Hall–Kier alpha value is -1.13. The number of aliphatic hydroxyl groups excluding tert-OH is 1. The molecule has 0 aromatic heterocycles. The van der Waals surface area contributed by atoms with Crippen LogP contribution in [0, 0.1) is 0 Å². The van der Waals surface area contributed by atoms with E-state index in [1.165, 1.54) is 0 Å². The largest absolute Gasteiger partial charge is 0.392 e. The number of alkyl halides is 1. The zero-order valence-corrected chi connectivity index (χ0v) is 11.5. The Bertz CT molecular complexity index is 509. The van der Waals surface area contributed by atoms with Crippen LogP contribution in [0.5, 0.6) is 0 Å². The summed E-state index contributed by atoms with van der Waals surface area (Å²) in [6.45, 7) is 0. The minimum absolute atomic E-state index is 0.227. The van der Waals surface area contributed by atoms with Crippen molar-refractivity contribution in [2.24, 2.45) is 11.5 Å². The third-order valence-corrected chi connectivity index (χ3v) is 3.55. The van der Waals surface area contributed by atoms with Crippen molar-refractivity contribution in [2.75, 3.05) is 5.88 Å². The topological polar surface area (TPSA) is 72.3 Å². The lowest BCUT2D eigenvalue weighted by Crippen LogP contribution is -2.48. The Labute approximate surface area is 118 Å². The third-order valence-electron chi connectivity index (χ3n) is 3.20. The SMILES string of the molecule is NC1(N)C=CC=C(c2ccccc2CC(O)CCl)C1. The van der Waals surface area contributed by atoms with Crippen LogP contribution in [0.1, 0.15) is 17.5 Å². The number of allylic oxidation sites excluding steroid dienone is 2. The number of benzene rings is 1. The molecular formula is C15H19ClN2O. The smallest absolute Gasteiger partial charge is 0.0872 e. The molecule has 0 aliphatic heterocycles. The molecule has 0 heterocycles. The average Bonchev–Trinajstić information content (AvgIpc) is 2.38. The highest BCUT2D eigenvalue weighted by atomic mass is 35.5. The van der Waals surface area contributed by atoms with Crippen LogP contribution in [0.2, 0.25) is 0 Å². The highest BCUT2D eigenvalue weighted by Gasteiger charge is 2.22. The lowest BCUT2D eigenvalue weighted by Gasteiger charge is -2.26. The fourth-order valence-corrected chi connectivity index (χ4v) is 2.41. The predicted molar refractivity (Wildman–Crippen MR) is 79.7 cm³/mol. The molecular weight excluding hydrogens is 260 g/mol. The lowest BCUT2D eigenvalue weighted by molar-refractivity contribution is 0.198. The molecule has 3 nitrogen and oxygen atoms in total. The molecule has 1 aliphatic rings. The Balaban J connectivity index is 2.30. The third kappa shape index (κ3) is 3.67. The number of aliphatic hydroxyl groups is 1. The second-order valence-electron chi connectivity index (χ2n) is 5.01. The van der Waals surface area contributed by atoms with E-state index in [0.29, 0.717) is 12.8 Å². The summed E-state index contributed by atoms with van der Waals surface area (Å²) in [4.78, 5) is 0. The lowest BCUT2D eigenvalue weighted by atomic mass is 9.87. The molecule has 0 amide bonds. The molecule has 102 valence electrons. The average molecular weight is 279 g/mol. The second-order valence-corrected chi connectivity index (χ2v) is 5.32. The minimum Gasteiger partial charge on any atom is -0.392 e. The standard InChI is InChI=1S/C15H19ClN2O/c16-10-13(19)8-11-4-1-2-6-14(11)12-5-3-7-15(17,18)9-12/h1-7,13,19H,8-10,17-18H2. The van der Waals surface area contributed by atoms with Crippen LogP contribution in [0.15, 0.2) is 42.5 Å². The molecule has 1 atom stereocenters. The van der Waals surface area contributed by atoms with Crippen molar-refractivity contribution in [3.63, 3.8) is 0 Å². The van der Waals surface area contributed by atoms with Gasteiger partial charge in [0, 0.05) is 18.7 Å². The maximum atomic E-state index is 9.72. The van der Waals surface area contributed by atoms with Crippen LogP contribution in [-0.4, -0.2) is 22.8 Å². The van der Waals surface area contributed by atoms with Crippen molar-refractivity contribution in [3.8, 4) is 0 Å². The minimum atomic E-state index is -0.803. The van der Waals surface area contributed by atoms with Gasteiger partial charge in [0.1, 0.15) is 0 Å². The van der Waals surface area contributed by atoms with Crippen molar-refractivity contribution in [2.45, 2.75) is 24.6 Å². The molecule has 1 unspecified atom stereocenters. The Morgan fingerprint density at radius 3 is 2.74 bits per heavy atom. The van der Waals surface area contributed by atoms with E-state index < -0.39 is 11.8 Å². The second kappa shape index (κ2) is 5.88. The van der Waals surface area contributed by atoms with Gasteiger partial charge >= 0.3 is 0 Å². The summed E-state index contributed by atoms with van der Waals surface area (Å²) in [6, 6.07) is 7.95. The molecule has 0 saturated heterocycles. The number of hydrogen-bond acceptors (Lipinski definition) is 3. The van der Waals surface area contributed by atoms with E-state index in [1.807, 2.05) is 36.4 Å². The molecule has 1 aliphatic carbocycles. The fraction of sp³-hybridized carbons (Fsp3) is 0.333. The van der Waals surface area contributed by atoms with E-state index in [-0.39, 0.29) is 5.88 Å². The van der Waals surface area contributed by atoms with E-state index in [9.17, 15) is 5.11 Å². The predicted octanol–water partition coefficient (Wildman–Crippen LogP) is 1.79. The first-order valence-corrected chi connectivity index (χ1v) is 6.84. The van der Waals surface area contributed by atoms with Gasteiger partial charge in [-0.1, -0.05) is 42.5 Å². The summed E-state index contributed by atoms with van der Waals surface area (Å²) in [5.41, 5.74) is 14.4. The van der Waals surface area contributed by atoms with Gasteiger partial charge in [-0.05, 0) is 16.7 Å². The molecule has 0 bridgehead atoms. The van der Waals surface area contributed by atoms with Gasteiger partial charge in [-0.2, -0.15) is 0 Å². The van der Waals surface area contributed by atoms with Crippen molar-refractivity contribution in [1.29, 1.82) is 0 Å². The number of nitrogens with two attached hydrogens (primary N) is 2. The van der Waals surface area contributed by atoms with Crippen LogP contribution in [0.4, 0.5) is 0 Å². The van der Waals surface area contributed by atoms with E-state index >= 15 is 0 Å². The summed E-state index contributed by atoms with van der Waals surface area (Å²) in [7, 11) is 0. The maximum Gasteiger partial charge on any atom is 0.0872 e. The van der Waals surface area contributed by atoms with Crippen molar-refractivity contribution >= 4 is 17.2 Å². The van der Waals surface area contributed by atoms with Crippen LogP contribution in [-0.2, 0) is 6.42 Å². The van der Waals surface area contributed by atoms with Crippen LogP contribution >= 0.6 is 11.6 Å². The van der Waals surface area contributed by atoms with Gasteiger partial charge in [-0.15, -0.1) is 11.6 Å². The molecule has 1 aromatic rings. The summed E-state index contributed by atoms with van der Waals surface area (Å²) in [5, 5.41) is 9.72. The van der Waals surface area contributed by atoms with Gasteiger partial charge in [0.25, 0.3) is 0 Å². The first-order valence-electron chi connectivity index (χ1n) is 6.30. The molecule has 0 fully saturated rings. The summed E-state index contributed by atoms with van der Waals surface area (Å²) in [6.07, 6.45) is 6.27.